The van der Waals surface area contributed by atoms with Gasteiger partial charge in [-0.2, -0.15) is 0 Å². The first-order valence-electron chi connectivity index (χ1n) is 4.91. The van der Waals surface area contributed by atoms with Gasteiger partial charge in [0.05, 0.1) is 12.8 Å². The predicted molar refractivity (Wildman–Crippen MR) is 59.7 cm³/mol. The van der Waals surface area contributed by atoms with Gasteiger partial charge in [-0.05, 0) is 37.2 Å². The van der Waals surface area contributed by atoms with Crippen molar-refractivity contribution in [3.8, 4) is 5.75 Å². The van der Waals surface area contributed by atoms with Crippen LogP contribution in [-0.2, 0) is 6.42 Å². The summed E-state index contributed by atoms with van der Waals surface area (Å²) < 4.78 is 5.08. The van der Waals surface area contributed by atoms with Crippen molar-refractivity contribution in [3.05, 3.63) is 23.8 Å². The molecular weight excluding hydrogens is 176 g/mol. The monoisotopic (exact) mass is 194 g/mol. The van der Waals surface area contributed by atoms with E-state index in [1.54, 1.807) is 7.11 Å². The largest absolute Gasteiger partial charge is 0.495 e. The zero-order valence-corrected chi connectivity index (χ0v) is 8.84. The number of ether oxygens (including phenoxy) is 1. The summed E-state index contributed by atoms with van der Waals surface area (Å²) in [6.07, 6.45) is 1.00. The van der Waals surface area contributed by atoms with E-state index >= 15 is 0 Å². The number of hydrogen-bond acceptors (Lipinski definition) is 3. The lowest BCUT2D eigenvalue weighted by Crippen LogP contribution is -2.16. The Morgan fingerprint density at radius 2 is 2.21 bits per heavy atom. The van der Waals surface area contributed by atoms with E-state index in [0.717, 1.165) is 25.3 Å². The minimum Gasteiger partial charge on any atom is -0.495 e. The average Bonchev–Trinajstić information content (AvgIpc) is 2.18. The maximum atomic E-state index is 5.79. The van der Waals surface area contributed by atoms with Gasteiger partial charge in [0.1, 0.15) is 5.75 Å². The molecule has 0 aliphatic carbocycles. The van der Waals surface area contributed by atoms with E-state index in [9.17, 15) is 0 Å². The van der Waals surface area contributed by atoms with Crippen molar-refractivity contribution in [2.45, 2.75) is 13.3 Å². The standard InChI is InChI=1S/C11H18N2O/c1-3-13-7-6-9-4-5-11(14-2)10(12)8-9/h4-5,8,13H,3,6-7,12H2,1-2H3. The van der Waals surface area contributed by atoms with Crippen LogP contribution in [0.2, 0.25) is 0 Å². The van der Waals surface area contributed by atoms with Gasteiger partial charge in [-0.3, -0.25) is 0 Å². The molecule has 78 valence electrons. The van der Waals surface area contributed by atoms with E-state index in [1.165, 1.54) is 5.56 Å². The van der Waals surface area contributed by atoms with Gasteiger partial charge < -0.3 is 15.8 Å². The molecule has 1 aromatic rings. The van der Waals surface area contributed by atoms with Gasteiger partial charge in [0, 0.05) is 0 Å². The molecule has 0 bridgehead atoms. The number of hydrogen-bond donors (Lipinski definition) is 2. The van der Waals surface area contributed by atoms with Gasteiger partial charge in [-0.15, -0.1) is 0 Å². The fourth-order valence-corrected chi connectivity index (χ4v) is 1.35. The third-order valence-corrected chi connectivity index (χ3v) is 2.13. The normalized spacial score (nSPS) is 10.1. The zero-order valence-electron chi connectivity index (χ0n) is 8.84. The van der Waals surface area contributed by atoms with Crippen molar-refractivity contribution in [2.75, 3.05) is 25.9 Å². The average molecular weight is 194 g/mol. The number of nitrogen functional groups attached to an aromatic ring is 1. The Morgan fingerprint density at radius 1 is 1.43 bits per heavy atom. The Labute approximate surface area is 85.3 Å². The summed E-state index contributed by atoms with van der Waals surface area (Å²) in [4.78, 5) is 0. The smallest absolute Gasteiger partial charge is 0.141 e. The van der Waals surface area contributed by atoms with Gasteiger partial charge in [0.25, 0.3) is 0 Å². The second-order valence-corrected chi connectivity index (χ2v) is 3.18. The van der Waals surface area contributed by atoms with Crippen LogP contribution in [0.4, 0.5) is 5.69 Å². The van der Waals surface area contributed by atoms with E-state index in [0.29, 0.717) is 5.69 Å². The molecule has 0 radical (unpaired) electrons. The first kappa shape index (κ1) is 10.9. The van der Waals surface area contributed by atoms with Crippen LogP contribution in [-0.4, -0.2) is 20.2 Å². The molecule has 0 amide bonds. The first-order chi connectivity index (χ1) is 6.77. The predicted octanol–water partition coefficient (Wildman–Crippen LogP) is 1.43. The highest BCUT2D eigenvalue weighted by molar-refractivity contribution is 5.54. The Kier molecular flexibility index (Phi) is 4.26. The number of rotatable bonds is 5. The summed E-state index contributed by atoms with van der Waals surface area (Å²) in [6.45, 7) is 4.09. The van der Waals surface area contributed by atoms with E-state index in [-0.39, 0.29) is 0 Å². The molecule has 0 spiro atoms. The summed E-state index contributed by atoms with van der Waals surface area (Å²) in [5, 5.41) is 3.27. The van der Waals surface area contributed by atoms with E-state index in [4.69, 9.17) is 10.5 Å². The van der Waals surface area contributed by atoms with Crippen molar-refractivity contribution in [3.63, 3.8) is 0 Å². The Bertz CT molecular complexity index is 287. The van der Waals surface area contributed by atoms with Gasteiger partial charge in [-0.1, -0.05) is 13.0 Å². The maximum absolute atomic E-state index is 5.79. The van der Waals surface area contributed by atoms with Gasteiger partial charge in [0.15, 0.2) is 0 Å². The van der Waals surface area contributed by atoms with Crippen LogP contribution >= 0.6 is 0 Å². The Balaban J connectivity index is 2.57. The SMILES string of the molecule is CCNCCc1ccc(OC)c(N)c1. The van der Waals surface area contributed by atoms with Gasteiger partial charge in [-0.25, -0.2) is 0 Å². The topological polar surface area (TPSA) is 47.3 Å². The van der Waals surface area contributed by atoms with Crippen LogP contribution in [0.1, 0.15) is 12.5 Å². The van der Waals surface area contributed by atoms with Crippen molar-refractivity contribution < 1.29 is 4.74 Å². The first-order valence-corrected chi connectivity index (χ1v) is 4.91. The molecule has 0 atom stereocenters. The van der Waals surface area contributed by atoms with Crippen molar-refractivity contribution in [1.82, 2.24) is 5.32 Å². The molecule has 14 heavy (non-hydrogen) atoms. The van der Waals surface area contributed by atoms with E-state index in [1.807, 2.05) is 18.2 Å². The van der Waals surface area contributed by atoms with E-state index < -0.39 is 0 Å². The van der Waals surface area contributed by atoms with Gasteiger partial charge in [0.2, 0.25) is 0 Å². The highest BCUT2D eigenvalue weighted by Gasteiger charge is 1.99. The Hall–Kier alpha value is -1.22. The molecule has 0 saturated heterocycles. The molecule has 0 unspecified atom stereocenters. The number of nitrogens with one attached hydrogen (secondary N) is 1. The molecule has 3 N–H and O–H groups in total. The number of benzene rings is 1. The number of nitrogens with two attached hydrogens (primary N) is 1. The van der Waals surface area contributed by atoms with Crippen LogP contribution in [0, 0.1) is 0 Å². The van der Waals surface area contributed by atoms with Crippen LogP contribution < -0.4 is 15.8 Å². The lowest BCUT2D eigenvalue weighted by Gasteiger charge is -2.07. The Morgan fingerprint density at radius 3 is 2.79 bits per heavy atom. The third-order valence-electron chi connectivity index (χ3n) is 2.13. The second-order valence-electron chi connectivity index (χ2n) is 3.18. The molecule has 0 saturated carbocycles. The lowest BCUT2D eigenvalue weighted by atomic mass is 10.1. The number of anilines is 1. The van der Waals surface area contributed by atoms with Gasteiger partial charge >= 0.3 is 0 Å². The fraction of sp³-hybridized carbons (Fsp3) is 0.455. The van der Waals surface area contributed by atoms with Crippen LogP contribution in [0.15, 0.2) is 18.2 Å². The highest BCUT2D eigenvalue weighted by atomic mass is 16.5. The molecule has 3 nitrogen and oxygen atoms in total. The minimum absolute atomic E-state index is 0.710. The van der Waals surface area contributed by atoms with E-state index in [2.05, 4.69) is 12.2 Å². The van der Waals surface area contributed by atoms with Crippen LogP contribution in [0.5, 0.6) is 5.75 Å². The maximum Gasteiger partial charge on any atom is 0.141 e. The van der Waals surface area contributed by atoms with Crippen molar-refractivity contribution in [2.24, 2.45) is 0 Å². The summed E-state index contributed by atoms with van der Waals surface area (Å²) in [5.41, 5.74) is 7.74. The fourth-order valence-electron chi connectivity index (χ4n) is 1.35. The number of likely N-dealkylation sites (N-methyl/N-ethyl adjacent to an activating group) is 1. The summed E-state index contributed by atoms with van der Waals surface area (Å²) in [5.74, 6) is 0.747. The third kappa shape index (κ3) is 2.92. The molecule has 3 heteroatoms. The molecule has 0 aromatic heterocycles. The lowest BCUT2D eigenvalue weighted by molar-refractivity contribution is 0.417. The van der Waals surface area contributed by atoms with Crippen LogP contribution in [0.25, 0.3) is 0 Å². The molecule has 0 aliphatic heterocycles. The molecule has 1 rings (SSSR count). The summed E-state index contributed by atoms with van der Waals surface area (Å²) in [7, 11) is 1.63. The number of methoxy groups -OCH3 is 1. The van der Waals surface area contributed by atoms with Crippen molar-refractivity contribution >= 4 is 5.69 Å². The highest BCUT2D eigenvalue weighted by Crippen LogP contribution is 2.21. The minimum atomic E-state index is 0.710. The molecule has 1 aromatic carbocycles. The quantitative estimate of drug-likeness (QED) is 0.550. The summed E-state index contributed by atoms with van der Waals surface area (Å²) >= 11 is 0. The van der Waals surface area contributed by atoms with Crippen molar-refractivity contribution in [1.29, 1.82) is 0 Å². The van der Waals surface area contributed by atoms with Crippen LogP contribution in [0.3, 0.4) is 0 Å². The molecular formula is C11H18N2O. The zero-order chi connectivity index (χ0) is 10.4. The second kappa shape index (κ2) is 5.50. The molecule has 0 heterocycles. The summed E-state index contributed by atoms with van der Waals surface area (Å²) in [6, 6.07) is 5.93. The molecule has 0 fully saturated rings. The molecule has 0 aliphatic rings.